The van der Waals surface area contributed by atoms with Gasteiger partial charge in [0.2, 0.25) is 5.92 Å². The lowest BCUT2D eigenvalue weighted by atomic mass is 10.0. The van der Waals surface area contributed by atoms with Gasteiger partial charge in [-0.1, -0.05) is 90.4 Å². The summed E-state index contributed by atoms with van der Waals surface area (Å²) in [5.74, 6) is -2.52. The molecular formula is C29H52F2N5O4P. The highest BCUT2D eigenvalue weighted by molar-refractivity contribution is 7.52. The van der Waals surface area contributed by atoms with Crippen molar-refractivity contribution in [2.24, 2.45) is 0 Å². The first-order chi connectivity index (χ1) is 19.6. The van der Waals surface area contributed by atoms with Crippen LogP contribution in [0.25, 0.3) is 11.2 Å². The van der Waals surface area contributed by atoms with Crippen LogP contribution < -0.4 is 5.73 Å². The van der Waals surface area contributed by atoms with Gasteiger partial charge in [-0.05, 0) is 19.8 Å². The number of unbranched alkanes of at least 4 members (excludes halogenated alkanes) is 13. The number of nitrogens with zero attached hydrogens (tertiary/aromatic N) is 4. The van der Waals surface area contributed by atoms with Gasteiger partial charge in [0.25, 0.3) is 0 Å². The van der Waals surface area contributed by atoms with E-state index in [1.807, 2.05) is 0 Å². The summed E-state index contributed by atoms with van der Waals surface area (Å²) in [6, 6.07) is 0. The number of alkyl halides is 2. The van der Waals surface area contributed by atoms with Crippen LogP contribution in [0, 0.1) is 0 Å². The molecule has 2 aromatic rings. The van der Waals surface area contributed by atoms with Crippen molar-refractivity contribution in [1.29, 1.82) is 0 Å². The Labute approximate surface area is 244 Å². The molecule has 1 unspecified atom stereocenters. The van der Waals surface area contributed by atoms with E-state index in [9.17, 15) is 18.2 Å². The summed E-state index contributed by atoms with van der Waals surface area (Å²) in [7, 11) is -4.06. The number of hydrogen-bond acceptors (Lipinski definition) is 7. The lowest BCUT2D eigenvalue weighted by molar-refractivity contribution is -0.0233. The fourth-order valence-electron chi connectivity index (χ4n) is 4.86. The second-order valence-corrected chi connectivity index (χ2v) is 13.0. The minimum atomic E-state index is -4.06. The van der Waals surface area contributed by atoms with E-state index in [4.69, 9.17) is 15.0 Å². The summed E-state index contributed by atoms with van der Waals surface area (Å²) in [6.45, 7) is 4.07. The maximum atomic E-state index is 14.2. The summed E-state index contributed by atoms with van der Waals surface area (Å²) < 4.78 is 52.9. The van der Waals surface area contributed by atoms with Gasteiger partial charge >= 0.3 is 7.60 Å². The van der Waals surface area contributed by atoms with Crippen LogP contribution in [-0.2, 0) is 20.4 Å². The van der Waals surface area contributed by atoms with Crippen LogP contribution in [0.4, 0.5) is 14.6 Å². The highest BCUT2D eigenvalue weighted by atomic mass is 31.2. The molecule has 0 saturated heterocycles. The number of fused-ring (bicyclic) bond motifs is 1. The molecular weight excluding hydrogens is 551 g/mol. The molecule has 0 fully saturated rings. The first kappa shape index (κ1) is 35.5. The smallest absolute Gasteiger partial charge is 0.353 e. The molecule has 0 aliphatic rings. The quantitative estimate of drug-likeness (QED) is 0.0858. The molecule has 236 valence electrons. The van der Waals surface area contributed by atoms with E-state index in [1.54, 1.807) is 17.8 Å². The van der Waals surface area contributed by atoms with E-state index < -0.39 is 26.0 Å². The molecule has 12 heteroatoms. The van der Waals surface area contributed by atoms with E-state index in [2.05, 4.69) is 21.9 Å². The summed E-state index contributed by atoms with van der Waals surface area (Å²) in [5.41, 5.74) is 6.79. The Balaban J connectivity index is 1.47. The molecule has 2 rings (SSSR count). The third kappa shape index (κ3) is 15.4. The van der Waals surface area contributed by atoms with Crippen molar-refractivity contribution in [3.8, 4) is 0 Å². The van der Waals surface area contributed by atoms with Crippen LogP contribution in [-0.4, -0.2) is 49.4 Å². The van der Waals surface area contributed by atoms with Gasteiger partial charge < -0.3 is 24.5 Å². The SMILES string of the molecule is CCCCCCCCCCCCCCCCC(F)(F)CCCOP(=O)(O)CO[C@H](C)Cn1cnc2c(N)ncnc21. The molecule has 3 N–H and O–H groups in total. The number of aromatic nitrogens is 4. The normalized spacial score (nSPS) is 14.5. The molecule has 0 saturated carbocycles. The summed E-state index contributed by atoms with van der Waals surface area (Å²) in [5, 5.41) is 0. The molecule has 0 radical (unpaired) electrons. The van der Waals surface area contributed by atoms with E-state index in [0.717, 1.165) is 19.3 Å². The zero-order valence-electron chi connectivity index (χ0n) is 25.1. The zero-order valence-corrected chi connectivity index (χ0v) is 26.0. The number of anilines is 1. The van der Waals surface area contributed by atoms with Crippen LogP contribution in [0.1, 0.15) is 123 Å². The van der Waals surface area contributed by atoms with Crippen LogP contribution in [0.2, 0.25) is 0 Å². The Morgan fingerprint density at radius 3 is 2.10 bits per heavy atom. The van der Waals surface area contributed by atoms with Crippen LogP contribution >= 0.6 is 7.60 Å². The number of halogens is 2. The predicted molar refractivity (Wildman–Crippen MR) is 160 cm³/mol. The fourth-order valence-corrected chi connectivity index (χ4v) is 5.79. The van der Waals surface area contributed by atoms with Gasteiger partial charge in [0.05, 0.1) is 25.6 Å². The summed E-state index contributed by atoms with van der Waals surface area (Å²) in [6.07, 6.45) is 17.9. The van der Waals surface area contributed by atoms with Crippen molar-refractivity contribution in [2.45, 2.75) is 142 Å². The molecule has 9 nitrogen and oxygen atoms in total. The number of rotatable bonds is 25. The average molecular weight is 604 g/mol. The third-order valence-corrected chi connectivity index (χ3v) is 8.34. The molecule has 0 amide bonds. The van der Waals surface area contributed by atoms with Crippen molar-refractivity contribution in [1.82, 2.24) is 19.5 Å². The highest BCUT2D eigenvalue weighted by Gasteiger charge is 2.28. The van der Waals surface area contributed by atoms with Gasteiger partial charge in [0.1, 0.15) is 18.2 Å². The first-order valence-electron chi connectivity index (χ1n) is 15.5. The lowest BCUT2D eigenvalue weighted by Gasteiger charge is -2.19. The van der Waals surface area contributed by atoms with Crippen molar-refractivity contribution in [2.75, 3.05) is 18.7 Å². The predicted octanol–water partition coefficient (Wildman–Crippen LogP) is 8.26. The molecule has 2 heterocycles. The fraction of sp³-hybridized carbons (Fsp3) is 0.828. The standard InChI is InChI=1S/C29H52F2N5O4P/c1-3-4-5-6-7-8-9-10-11-12-13-14-15-16-18-29(30,31)19-17-20-40-41(37,38)24-39-25(2)21-36-23-35-26-27(32)33-22-34-28(26)36/h22-23,25H,3-21,24H2,1-2H3,(H,37,38)(H2,32,33,34)/t25-/m1/s1. The van der Waals surface area contributed by atoms with Crippen LogP contribution in [0.3, 0.4) is 0 Å². The van der Waals surface area contributed by atoms with Crippen molar-refractivity contribution >= 4 is 24.6 Å². The van der Waals surface area contributed by atoms with Crippen molar-refractivity contribution in [3.05, 3.63) is 12.7 Å². The number of hydrogen-bond donors (Lipinski definition) is 2. The molecule has 0 aliphatic heterocycles. The zero-order chi connectivity index (χ0) is 30.0. The summed E-state index contributed by atoms with van der Waals surface area (Å²) >= 11 is 0. The van der Waals surface area contributed by atoms with Crippen molar-refractivity contribution < 1.29 is 27.5 Å². The van der Waals surface area contributed by atoms with Crippen LogP contribution in [0.15, 0.2) is 12.7 Å². The van der Waals surface area contributed by atoms with E-state index >= 15 is 0 Å². The molecule has 41 heavy (non-hydrogen) atoms. The Hall–Kier alpha value is -1.68. The van der Waals surface area contributed by atoms with Gasteiger partial charge in [-0.15, -0.1) is 0 Å². The Kier molecular flexibility index (Phi) is 16.9. The number of imidazole rings is 1. The molecule has 0 aliphatic carbocycles. The first-order valence-corrected chi connectivity index (χ1v) is 17.3. The summed E-state index contributed by atoms with van der Waals surface area (Å²) in [4.78, 5) is 22.2. The minimum absolute atomic E-state index is 0.00780. The van der Waals surface area contributed by atoms with Crippen molar-refractivity contribution in [3.63, 3.8) is 0 Å². The van der Waals surface area contributed by atoms with Crippen LogP contribution in [0.5, 0.6) is 0 Å². The van der Waals surface area contributed by atoms with Gasteiger partial charge in [-0.3, -0.25) is 4.57 Å². The number of ether oxygens (including phenoxy) is 1. The largest absolute Gasteiger partial charge is 0.382 e. The lowest BCUT2D eigenvalue weighted by Crippen LogP contribution is -2.18. The van der Waals surface area contributed by atoms with Gasteiger partial charge in [-0.25, -0.2) is 23.7 Å². The monoisotopic (exact) mass is 603 g/mol. The molecule has 2 atom stereocenters. The number of nitrogens with two attached hydrogens (primary N) is 1. The molecule has 2 aromatic heterocycles. The van der Waals surface area contributed by atoms with Gasteiger partial charge in [0, 0.05) is 12.8 Å². The molecule has 0 bridgehead atoms. The Morgan fingerprint density at radius 1 is 0.927 bits per heavy atom. The van der Waals surface area contributed by atoms with Gasteiger partial charge in [-0.2, -0.15) is 0 Å². The second-order valence-electron chi connectivity index (χ2n) is 11.2. The number of nitrogen functional groups attached to an aromatic ring is 1. The average Bonchev–Trinajstić information content (AvgIpc) is 3.34. The highest BCUT2D eigenvalue weighted by Crippen LogP contribution is 2.42. The second kappa shape index (κ2) is 19.5. The Bertz CT molecular complexity index is 1030. The van der Waals surface area contributed by atoms with Gasteiger partial charge in [0.15, 0.2) is 11.5 Å². The van der Waals surface area contributed by atoms with E-state index in [-0.39, 0.29) is 31.7 Å². The maximum Gasteiger partial charge on any atom is 0.353 e. The topological polar surface area (TPSA) is 125 Å². The molecule has 0 aromatic carbocycles. The minimum Gasteiger partial charge on any atom is -0.382 e. The third-order valence-electron chi connectivity index (χ3n) is 7.28. The van der Waals surface area contributed by atoms with E-state index in [1.165, 1.54) is 70.5 Å². The van der Waals surface area contributed by atoms with E-state index in [0.29, 0.717) is 24.1 Å². The molecule has 0 spiro atoms. The maximum absolute atomic E-state index is 14.2. The Morgan fingerprint density at radius 2 is 1.49 bits per heavy atom.